The molecule has 1 fully saturated rings. The first-order valence-corrected chi connectivity index (χ1v) is 6.04. The molecular weight excluding hydrogens is 254 g/mol. The van der Waals surface area contributed by atoms with Crippen molar-refractivity contribution in [1.82, 2.24) is 10.2 Å². The standard InChI is InChI=1S/C12H14ClN3O2/c1-8-2-3-9(13)6-10(8)15-7-11(17)16-5-4-14-12(16)18/h2-3,6,15H,4-5,7H2,1H3,(H,14,18). The molecule has 18 heavy (non-hydrogen) atoms. The molecule has 6 heteroatoms. The minimum atomic E-state index is -0.329. The first-order chi connectivity index (χ1) is 8.58. The largest absolute Gasteiger partial charge is 0.376 e. The third kappa shape index (κ3) is 2.73. The molecular formula is C12H14ClN3O2. The van der Waals surface area contributed by atoms with Crippen LogP contribution >= 0.6 is 11.6 Å². The number of benzene rings is 1. The summed E-state index contributed by atoms with van der Waals surface area (Å²) in [6.07, 6.45) is 0. The van der Waals surface area contributed by atoms with Crippen molar-refractivity contribution in [3.05, 3.63) is 28.8 Å². The minimum absolute atomic E-state index is 0.0780. The zero-order valence-electron chi connectivity index (χ0n) is 10.00. The maximum atomic E-state index is 11.8. The lowest BCUT2D eigenvalue weighted by Gasteiger charge is -2.14. The number of amides is 3. The van der Waals surface area contributed by atoms with Crippen LogP contribution in [0.3, 0.4) is 0 Å². The molecule has 2 rings (SSSR count). The van der Waals surface area contributed by atoms with Crippen LogP contribution in [0.15, 0.2) is 18.2 Å². The molecule has 1 aromatic rings. The van der Waals surface area contributed by atoms with Gasteiger partial charge in [0.15, 0.2) is 0 Å². The van der Waals surface area contributed by atoms with Gasteiger partial charge in [-0.2, -0.15) is 0 Å². The van der Waals surface area contributed by atoms with Gasteiger partial charge in [0.25, 0.3) is 0 Å². The first kappa shape index (κ1) is 12.7. The smallest absolute Gasteiger partial charge is 0.324 e. The molecule has 0 unspecified atom stereocenters. The van der Waals surface area contributed by atoms with Crippen LogP contribution in [0.4, 0.5) is 10.5 Å². The Kier molecular flexibility index (Phi) is 3.72. The van der Waals surface area contributed by atoms with Crippen LogP contribution in [0.2, 0.25) is 5.02 Å². The second-order valence-electron chi connectivity index (χ2n) is 4.09. The van der Waals surface area contributed by atoms with Crippen molar-refractivity contribution < 1.29 is 9.59 Å². The number of urea groups is 1. The number of hydrogen-bond donors (Lipinski definition) is 2. The monoisotopic (exact) mass is 267 g/mol. The van der Waals surface area contributed by atoms with Crippen molar-refractivity contribution in [1.29, 1.82) is 0 Å². The predicted molar refractivity (Wildman–Crippen MR) is 69.8 cm³/mol. The second-order valence-corrected chi connectivity index (χ2v) is 4.53. The fraction of sp³-hybridized carbons (Fsp3) is 0.333. The summed E-state index contributed by atoms with van der Waals surface area (Å²) in [5.41, 5.74) is 1.80. The van der Waals surface area contributed by atoms with Gasteiger partial charge < -0.3 is 10.6 Å². The molecule has 96 valence electrons. The Morgan fingerprint density at radius 1 is 1.56 bits per heavy atom. The van der Waals surface area contributed by atoms with Crippen LogP contribution in [0.5, 0.6) is 0 Å². The summed E-state index contributed by atoms with van der Waals surface area (Å²) < 4.78 is 0. The molecule has 1 aliphatic rings. The quantitative estimate of drug-likeness (QED) is 0.875. The number of hydrogen-bond acceptors (Lipinski definition) is 3. The number of carbonyl (C=O) groups excluding carboxylic acids is 2. The van der Waals surface area contributed by atoms with Gasteiger partial charge >= 0.3 is 6.03 Å². The number of rotatable bonds is 3. The Morgan fingerprint density at radius 2 is 2.33 bits per heavy atom. The Balaban J connectivity index is 1.97. The van der Waals surface area contributed by atoms with Gasteiger partial charge in [0.2, 0.25) is 5.91 Å². The summed E-state index contributed by atoms with van der Waals surface area (Å²) >= 11 is 5.88. The van der Waals surface area contributed by atoms with Crippen molar-refractivity contribution >= 4 is 29.2 Å². The number of halogens is 1. The van der Waals surface area contributed by atoms with Gasteiger partial charge in [0.1, 0.15) is 0 Å². The summed E-state index contributed by atoms with van der Waals surface area (Å²) in [4.78, 5) is 24.3. The van der Waals surface area contributed by atoms with E-state index in [4.69, 9.17) is 11.6 Å². The molecule has 0 aliphatic carbocycles. The minimum Gasteiger partial charge on any atom is -0.376 e. The first-order valence-electron chi connectivity index (χ1n) is 5.66. The highest BCUT2D eigenvalue weighted by molar-refractivity contribution is 6.30. The van der Waals surface area contributed by atoms with Crippen molar-refractivity contribution in [3.63, 3.8) is 0 Å². The molecule has 0 spiro atoms. The molecule has 3 amide bonds. The van der Waals surface area contributed by atoms with Crippen LogP contribution < -0.4 is 10.6 Å². The van der Waals surface area contributed by atoms with E-state index in [1.807, 2.05) is 13.0 Å². The average Bonchev–Trinajstić information content (AvgIpc) is 2.76. The van der Waals surface area contributed by atoms with Crippen LogP contribution in [0.25, 0.3) is 0 Å². The van der Waals surface area contributed by atoms with Gasteiger partial charge in [0, 0.05) is 23.8 Å². The lowest BCUT2D eigenvalue weighted by Crippen LogP contribution is -2.38. The number of nitrogens with zero attached hydrogens (tertiary/aromatic N) is 1. The van der Waals surface area contributed by atoms with E-state index in [2.05, 4.69) is 10.6 Å². The topological polar surface area (TPSA) is 61.4 Å². The van der Waals surface area contributed by atoms with Crippen LogP contribution in [-0.2, 0) is 4.79 Å². The van der Waals surface area contributed by atoms with E-state index in [9.17, 15) is 9.59 Å². The molecule has 0 aromatic heterocycles. The second kappa shape index (κ2) is 5.27. The van der Waals surface area contributed by atoms with Crippen LogP contribution in [0.1, 0.15) is 5.56 Å². The SMILES string of the molecule is Cc1ccc(Cl)cc1NCC(=O)N1CCNC1=O. The Hall–Kier alpha value is -1.75. The normalized spacial score (nSPS) is 14.6. The summed E-state index contributed by atoms with van der Waals surface area (Å²) in [5, 5.41) is 6.19. The van der Waals surface area contributed by atoms with Gasteiger partial charge in [0.05, 0.1) is 6.54 Å². The molecule has 1 heterocycles. The fourth-order valence-electron chi connectivity index (χ4n) is 1.76. The molecule has 5 nitrogen and oxygen atoms in total. The maximum Gasteiger partial charge on any atom is 0.324 e. The van der Waals surface area contributed by atoms with Gasteiger partial charge in [-0.25, -0.2) is 4.79 Å². The maximum absolute atomic E-state index is 11.8. The van der Waals surface area contributed by atoms with E-state index in [1.165, 1.54) is 4.90 Å². The number of nitrogens with one attached hydrogen (secondary N) is 2. The average molecular weight is 268 g/mol. The molecule has 1 aliphatic heterocycles. The number of aryl methyl sites for hydroxylation is 1. The van der Waals surface area contributed by atoms with Gasteiger partial charge in [-0.1, -0.05) is 17.7 Å². The van der Waals surface area contributed by atoms with Crippen LogP contribution in [-0.4, -0.2) is 36.5 Å². The van der Waals surface area contributed by atoms with E-state index in [0.29, 0.717) is 18.1 Å². The van der Waals surface area contributed by atoms with Crippen molar-refractivity contribution in [3.8, 4) is 0 Å². The lowest BCUT2D eigenvalue weighted by atomic mass is 10.2. The van der Waals surface area contributed by atoms with Crippen molar-refractivity contribution in [2.24, 2.45) is 0 Å². The molecule has 0 bridgehead atoms. The summed E-state index contributed by atoms with van der Waals surface area (Å²) in [7, 11) is 0. The highest BCUT2D eigenvalue weighted by atomic mass is 35.5. The van der Waals surface area contributed by atoms with E-state index in [1.54, 1.807) is 12.1 Å². The molecule has 0 atom stereocenters. The van der Waals surface area contributed by atoms with Gasteiger partial charge in [-0.3, -0.25) is 9.69 Å². The molecule has 1 aromatic carbocycles. The zero-order chi connectivity index (χ0) is 13.1. The lowest BCUT2D eigenvalue weighted by molar-refractivity contribution is -0.125. The fourth-order valence-corrected chi connectivity index (χ4v) is 1.93. The molecule has 1 saturated heterocycles. The zero-order valence-corrected chi connectivity index (χ0v) is 10.8. The Labute approximate surface area is 110 Å². The van der Waals surface area contributed by atoms with E-state index >= 15 is 0 Å². The Bertz CT molecular complexity index is 490. The van der Waals surface area contributed by atoms with Gasteiger partial charge in [-0.05, 0) is 24.6 Å². The summed E-state index contributed by atoms with van der Waals surface area (Å²) in [5.74, 6) is -0.246. The highest BCUT2D eigenvalue weighted by Crippen LogP contribution is 2.19. The third-order valence-electron chi connectivity index (χ3n) is 2.79. The third-order valence-corrected chi connectivity index (χ3v) is 3.02. The Morgan fingerprint density at radius 3 is 3.00 bits per heavy atom. The predicted octanol–water partition coefficient (Wildman–Crippen LogP) is 1.61. The van der Waals surface area contributed by atoms with E-state index in [-0.39, 0.29) is 18.5 Å². The summed E-state index contributed by atoms with van der Waals surface area (Å²) in [6.45, 7) is 2.94. The van der Waals surface area contributed by atoms with Crippen molar-refractivity contribution in [2.45, 2.75) is 6.92 Å². The molecule has 2 N–H and O–H groups in total. The van der Waals surface area contributed by atoms with Gasteiger partial charge in [-0.15, -0.1) is 0 Å². The van der Waals surface area contributed by atoms with E-state index < -0.39 is 0 Å². The van der Waals surface area contributed by atoms with Crippen molar-refractivity contribution in [2.75, 3.05) is 25.0 Å². The molecule has 0 saturated carbocycles. The highest BCUT2D eigenvalue weighted by Gasteiger charge is 2.25. The summed E-state index contributed by atoms with van der Waals surface area (Å²) in [6, 6.07) is 5.09. The van der Waals surface area contributed by atoms with E-state index in [0.717, 1.165) is 11.3 Å². The molecule has 0 radical (unpaired) electrons. The number of imide groups is 1. The number of anilines is 1. The number of carbonyl (C=O) groups is 2. The van der Waals surface area contributed by atoms with Crippen LogP contribution in [0, 0.1) is 6.92 Å².